The predicted molar refractivity (Wildman–Crippen MR) is 146 cm³/mol. The molecule has 3 fully saturated rings. The number of carbonyl (C=O) groups is 1. The number of ether oxygens (including phenoxy) is 1. The molecule has 3 aliphatic carbocycles. The number of carbonyl (C=O) groups excluding carboxylic acids is 1. The number of rotatable bonds is 2. The molecule has 0 radical (unpaired) electrons. The van der Waals surface area contributed by atoms with Crippen LogP contribution in [0, 0.1) is 29.0 Å². The van der Waals surface area contributed by atoms with Crippen molar-refractivity contribution in [1.82, 2.24) is 0 Å². The fourth-order valence-corrected chi connectivity index (χ4v) is 7.23. The Balaban J connectivity index is 1.44. The average molecular weight is 512 g/mol. The zero-order valence-electron chi connectivity index (χ0n) is 22.3. The van der Waals surface area contributed by atoms with Gasteiger partial charge in [0.1, 0.15) is 23.3 Å². The molecule has 1 N–H and O–H groups in total. The minimum atomic E-state index is -1.19. The molecule has 4 aliphatic rings. The first-order valence-corrected chi connectivity index (χ1v) is 13.6. The second kappa shape index (κ2) is 9.13. The van der Waals surface area contributed by atoms with Crippen molar-refractivity contribution in [3.05, 3.63) is 88.5 Å². The van der Waals surface area contributed by atoms with Crippen molar-refractivity contribution in [3.63, 3.8) is 0 Å². The zero-order chi connectivity index (χ0) is 26.7. The molecule has 0 bridgehead atoms. The lowest BCUT2D eigenvalue weighted by Gasteiger charge is -2.52. The van der Waals surface area contributed by atoms with Crippen LogP contribution in [0.25, 0.3) is 0 Å². The average Bonchev–Trinajstić information content (AvgIpc) is 3.18. The number of Topliss-reactive ketones (excluding diaryl/α,β-unsaturated/α-hetero) is 1. The largest absolute Gasteiger partial charge is 0.493 e. The topological polar surface area (TPSA) is 49.8 Å². The number of nitrogens with zero attached hydrogens (tertiary/aromatic N) is 1. The van der Waals surface area contributed by atoms with Crippen molar-refractivity contribution in [1.29, 1.82) is 0 Å². The number of allylic oxidation sites excluding steroid dienone is 2. The molecule has 0 amide bonds. The standard InChI is InChI=1S/C33H34FNO3/c1-32-19-28(22-6-10-25(11-7-22)35(2)3)30-27-13-12-26(36)18-23(27)20-38-31(30)29(32)15-17-33(32,37)16-14-21-4-8-24(34)9-5-21/h4-11,20,28-29,31,37H,12-13,15,17-19H2,1-3H3/t28-,29+,31+,32+,33+/m1/s1. The first kappa shape index (κ1) is 24.9. The van der Waals surface area contributed by atoms with Gasteiger partial charge in [-0.25, -0.2) is 4.39 Å². The number of benzene rings is 2. The molecule has 3 saturated carbocycles. The summed E-state index contributed by atoms with van der Waals surface area (Å²) in [5.74, 6) is 6.49. The Labute approximate surface area is 224 Å². The maximum absolute atomic E-state index is 13.4. The molecule has 6 rings (SSSR count). The lowest BCUT2D eigenvalue weighted by Crippen LogP contribution is -2.53. The molecule has 2 aromatic rings. The Bertz CT molecular complexity index is 1390. The first-order valence-electron chi connectivity index (χ1n) is 13.6. The minimum absolute atomic E-state index is 0.0570. The zero-order valence-corrected chi connectivity index (χ0v) is 22.3. The van der Waals surface area contributed by atoms with Crippen LogP contribution in [0.2, 0.25) is 0 Å². The van der Waals surface area contributed by atoms with Crippen LogP contribution in [0.3, 0.4) is 0 Å². The number of anilines is 1. The van der Waals surface area contributed by atoms with Gasteiger partial charge >= 0.3 is 0 Å². The number of aliphatic hydroxyl groups is 1. The Morgan fingerprint density at radius 1 is 1.08 bits per heavy atom. The summed E-state index contributed by atoms with van der Waals surface area (Å²) < 4.78 is 19.9. The molecule has 1 aliphatic heterocycles. The van der Waals surface area contributed by atoms with Crippen molar-refractivity contribution >= 4 is 11.5 Å². The summed E-state index contributed by atoms with van der Waals surface area (Å²) in [6, 6.07) is 14.8. The van der Waals surface area contributed by atoms with Gasteiger partial charge in [0.2, 0.25) is 0 Å². The van der Waals surface area contributed by atoms with Gasteiger partial charge in [0.05, 0.1) is 6.26 Å². The molecular formula is C33H34FNO3. The van der Waals surface area contributed by atoms with Crippen molar-refractivity contribution in [3.8, 4) is 11.8 Å². The van der Waals surface area contributed by atoms with Crippen LogP contribution in [0.1, 0.15) is 62.5 Å². The summed E-state index contributed by atoms with van der Waals surface area (Å²) in [6.07, 6.45) is 5.54. The van der Waals surface area contributed by atoms with Gasteiger partial charge in [-0.2, -0.15) is 0 Å². The monoisotopic (exact) mass is 511 g/mol. The summed E-state index contributed by atoms with van der Waals surface area (Å²) in [6.45, 7) is 2.17. The maximum atomic E-state index is 13.4. The third-order valence-electron chi connectivity index (χ3n) is 9.46. The maximum Gasteiger partial charge on any atom is 0.137 e. The Kier molecular flexibility index (Phi) is 6.00. The van der Waals surface area contributed by atoms with Crippen LogP contribution < -0.4 is 4.90 Å². The van der Waals surface area contributed by atoms with Gasteiger partial charge in [0.25, 0.3) is 0 Å². The summed E-state index contributed by atoms with van der Waals surface area (Å²) in [7, 11) is 4.07. The van der Waals surface area contributed by atoms with Gasteiger partial charge in [-0.15, -0.1) is 0 Å². The highest BCUT2D eigenvalue weighted by atomic mass is 19.1. The molecule has 0 aromatic heterocycles. The fourth-order valence-electron chi connectivity index (χ4n) is 7.23. The van der Waals surface area contributed by atoms with E-state index in [1.165, 1.54) is 28.8 Å². The second-order valence-electron chi connectivity index (χ2n) is 11.8. The summed E-state index contributed by atoms with van der Waals surface area (Å²) in [4.78, 5) is 14.4. The van der Waals surface area contributed by atoms with Crippen LogP contribution in [0.5, 0.6) is 0 Å². The summed E-state index contributed by atoms with van der Waals surface area (Å²) in [5.41, 5.74) is 4.93. The molecule has 0 spiro atoms. The summed E-state index contributed by atoms with van der Waals surface area (Å²) >= 11 is 0. The van der Waals surface area contributed by atoms with Crippen molar-refractivity contribution in [2.75, 3.05) is 19.0 Å². The number of fused-ring (bicyclic) bond motifs is 4. The molecule has 5 heteroatoms. The fraction of sp³-hybridized carbons (Fsp3) is 0.424. The van der Waals surface area contributed by atoms with Crippen LogP contribution in [-0.2, 0) is 9.53 Å². The van der Waals surface area contributed by atoms with Gasteiger partial charge in [-0.3, -0.25) is 4.79 Å². The van der Waals surface area contributed by atoms with Gasteiger partial charge in [-0.05, 0) is 84.4 Å². The van der Waals surface area contributed by atoms with Gasteiger partial charge in [0, 0.05) is 55.4 Å². The van der Waals surface area contributed by atoms with E-state index in [1.807, 2.05) is 20.4 Å². The highest BCUT2D eigenvalue weighted by molar-refractivity contribution is 5.84. The minimum Gasteiger partial charge on any atom is -0.493 e. The van der Waals surface area contributed by atoms with E-state index in [4.69, 9.17) is 4.74 Å². The quantitative estimate of drug-likeness (QED) is 0.510. The molecule has 1 heterocycles. The van der Waals surface area contributed by atoms with E-state index in [0.717, 1.165) is 30.5 Å². The molecule has 196 valence electrons. The van der Waals surface area contributed by atoms with Gasteiger partial charge < -0.3 is 14.7 Å². The van der Waals surface area contributed by atoms with Crippen molar-refractivity contribution in [2.45, 2.75) is 63.1 Å². The molecule has 2 aromatic carbocycles. The van der Waals surface area contributed by atoms with E-state index in [0.29, 0.717) is 24.8 Å². The van der Waals surface area contributed by atoms with E-state index in [2.05, 4.69) is 47.9 Å². The number of halogens is 1. The predicted octanol–water partition coefficient (Wildman–Crippen LogP) is 5.91. The van der Waals surface area contributed by atoms with Gasteiger partial charge in [-0.1, -0.05) is 30.9 Å². The lowest BCUT2D eigenvalue weighted by atomic mass is 9.55. The highest BCUT2D eigenvalue weighted by Gasteiger charge is 2.63. The number of ketones is 1. The molecular weight excluding hydrogens is 477 g/mol. The molecule has 5 atom stereocenters. The molecule has 0 saturated heterocycles. The van der Waals surface area contributed by atoms with Crippen molar-refractivity contribution < 1.29 is 19.0 Å². The normalized spacial score (nSPS) is 31.8. The number of hydrogen-bond donors (Lipinski definition) is 1. The Morgan fingerprint density at radius 3 is 2.53 bits per heavy atom. The third-order valence-corrected chi connectivity index (χ3v) is 9.46. The smallest absolute Gasteiger partial charge is 0.137 e. The molecule has 38 heavy (non-hydrogen) atoms. The molecule has 0 unspecified atom stereocenters. The van der Waals surface area contributed by atoms with Crippen LogP contribution in [-0.4, -0.2) is 36.7 Å². The Hall–Kier alpha value is -3.36. The number of hydrogen-bond acceptors (Lipinski definition) is 4. The third kappa shape index (κ3) is 3.98. The first-order chi connectivity index (χ1) is 18.2. The van der Waals surface area contributed by atoms with Crippen molar-refractivity contribution in [2.24, 2.45) is 11.3 Å². The summed E-state index contributed by atoms with van der Waals surface area (Å²) in [5, 5.41) is 12.1. The van der Waals surface area contributed by atoms with E-state index in [-0.39, 0.29) is 29.5 Å². The van der Waals surface area contributed by atoms with E-state index in [1.54, 1.807) is 12.1 Å². The van der Waals surface area contributed by atoms with Crippen LogP contribution in [0.15, 0.2) is 71.5 Å². The Morgan fingerprint density at radius 2 is 1.82 bits per heavy atom. The van der Waals surface area contributed by atoms with E-state index < -0.39 is 11.0 Å². The highest BCUT2D eigenvalue weighted by Crippen LogP contribution is 2.64. The second-order valence-corrected chi connectivity index (χ2v) is 11.8. The molecule has 4 nitrogen and oxygen atoms in total. The lowest BCUT2D eigenvalue weighted by molar-refractivity contribution is -0.119. The van der Waals surface area contributed by atoms with E-state index >= 15 is 0 Å². The SMILES string of the molecule is CN(C)c1ccc([C@H]2C[C@@]3(C)[C@@H](CC[C@@]3(O)C#Cc3ccc(F)cc3)[C@@H]3OC=C4CC(=O)CCC4=C32)cc1. The van der Waals surface area contributed by atoms with Crippen LogP contribution >= 0.6 is 0 Å². The van der Waals surface area contributed by atoms with Crippen LogP contribution in [0.4, 0.5) is 10.1 Å². The van der Waals surface area contributed by atoms with Gasteiger partial charge in [0.15, 0.2) is 0 Å². The van der Waals surface area contributed by atoms with E-state index in [9.17, 15) is 14.3 Å².